The summed E-state index contributed by atoms with van der Waals surface area (Å²) in [6, 6.07) is 7.01. The highest BCUT2D eigenvalue weighted by atomic mass is 32.2. The highest BCUT2D eigenvalue weighted by Crippen LogP contribution is 2.30. The molecule has 1 unspecified atom stereocenters. The third-order valence-electron chi connectivity index (χ3n) is 3.46. The number of imide groups is 1. The van der Waals surface area contributed by atoms with Crippen LogP contribution in [0.3, 0.4) is 0 Å². The van der Waals surface area contributed by atoms with Gasteiger partial charge in [0.15, 0.2) is 21.9 Å². The van der Waals surface area contributed by atoms with Crippen LogP contribution in [0.1, 0.15) is 13.8 Å². The Morgan fingerprint density at radius 1 is 1.29 bits per heavy atom. The van der Waals surface area contributed by atoms with Crippen molar-refractivity contribution in [3.05, 3.63) is 24.3 Å². The summed E-state index contributed by atoms with van der Waals surface area (Å²) in [5.74, 6) is 0.970. The minimum atomic E-state index is -0.576. The number of carbonyl (C=O) groups excluding carboxylic acids is 2. The lowest BCUT2D eigenvalue weighted by Crippen LogP contribution is -2.46. The molecule has 0 bridgehead atoms. The lowest BCUT2D eigenvalue weighted by Gasteiger charge is -2.26. The van der Waals surface area contributed by atoms with Gasteiger partial charge in [-0.2, -0.15) is 0 Å². The molecule has 1 aliphatic rings. The quantitative estimate of drug-likeness (QED) is 0.580. The monoisotopic (exact) mass is 423 g/mol. The number of thioether (sulfide) groups is 1. The molecule has 0 fully saturated rings. The van der Waals surface area contributed by atoms with Crippen molar-refractivity contribution in [3.8, 4) is 11.5 Å². The Bertz CT molecular complexity index is 829. The van der Waals surface area contributed by atoms with Crippen LogP contribution in [0.4, 0.5) is 9.93 Å². The standard InChI is InChI=1S/C17H21N5O4S2/c1-10(2)19-16-21-22-17(28-16)27-9-14(23)20-15(24)18-7-11-8-25-12-5-3-4-6-13(12)26-11/h3-6,10-11H,7-9H2,1-2H3,(H,19,21)(H2,18,20,23,24). The Kier molecular flexibility index (Phi) is 6.93. The zero-order chi connectivity index (χ0) is 19.9. The SMILES string of the molecule is CC(C)Nc1nnc(SCC(=O)NC(=O)NCC2COc3ccccc3O2)s1. The third-order valence-corrected chi connectivity index (χ3v) is 5.44. The Morgan fingerprint density at radius 2 is 2.07 bits per heavy atom. The molecule has 2 aromatic rings. The number of carbonyl (C=O) groups is 2. The lowest BCUT2D eigenvalue weighted by atomic mass is 10.2. The number of nitrogens with one attached hydrogen (secondary N) is 3. The van der Waals surface area contributed by atoms with Gasteiger partial charge in [0.2, 0.25) is 11.0 Å². The average Bonchev–Trinajstić information content (AvgIpc) is 3.11. The van der Waals surface area contributed by atoms with Crippen molar-refractivity contribution in [2.75, 3.05) is 24.2 Å². The first-order valence-electron chi connectivity index (χ1n) is 8.68. The second-order valence-electron chi connectivity index (χ2n) is 6.22. The minimum absolute atomic E-state index is 0.0696. The van der Waals surface area contributed by atoms with Crippen LogP contribution in [-0.4, -0.2) is 53.2 Å². The van der Waals surface area contributed by atoms with E-state index in [-0.39, 0.29) is 24.4 Å². The van der Waals surface area contributed by atoms with E-state index in [4.69, 9.17) is 9.47 Å². The number of anilines is 1. The maximum absolute atomic E-state index is 11.9. The minimum Gasteiger partial charge on any atom is -0.486 e. The van der Waals surface area contributed by atoms with Gasteiger partial charge < -0.3 is 20.1 Å². The molecule has 2 heterocycles. The fourth-order valence-corrected chi connectivity index (χ4v) is 3.98. The van der Waals surface area contributed by atoms with E-state index < -0.39 is 11.9 Å². The van der Waals surface area contributed by atoms with Gasteiger partial charge in [0.05, 0.1) is 12.3 Å². The molecule has 28 heavy (non-hydrogen) atoms. The summed E-state index contributed by atoms with van der Waals surface area (Å²) < 4.78 is 12.0. The van der Waals surface area contributed by atoms with Gasteiger partial charge in [0.1, 0.15) is 6.61 Å². The van der Waals surface area contributed by atoms with Crippen LogP contribution in [0, 0.1) is 0 Å². The molecule has 9 nitrogen and oxygen atoms in total. The number of fused-ring (bicyclic) bond motifs is 1. The first-order valence-corrected chi connectivity index (χ1v) is 10.5. The molecule has 3 amide bonds. The molecule has 3 N–H and O–H groups in total. The number of hydrogen-bond acceptors (Lipinski definition) is 9. The number of urea groups is 1. The van der Waals surface area contributed by atoms with Gasteiger partial charge in [-0.05, 0) is 26.0 Å². The Morgan fingerprint density at radius 3 is 2.86 bits per heavy atom. The van der Waals surface area contributed by atoms with Gasteiger partial charge in [0, 0.05) is 6.04 Å². The maximum atomic E-state index is 11.9. The van der Waals surface area contributed by atoms with E-state index in [1.54, 1.807) is 6.07 Å². The van der Waals surface area contributed by atoms with Crippen molar-refractivity contribution >= 4 is 40.2 Å². The predicted octanol–water partition coefficient (Wildman–Crippen LogP) is 2.12. The zero-order valence-corrected chi connectivity index (χ0v) is 17.1. The molecule has 1 atom stereocenters. The number of aromatic nitrogens is 2. The molecule has 0 aliphatic carbocycles. The second-order valence-corrected chi connectivity index (χ2v) is 8.42. The summed E-state index contributed by atoms with van der Waals surface area (Å²) in [4.78, 5) is 23.8. The van der Waals surface area contributed by atoms with Crippen LogP contribution in [0.5, 0.6) is 11.5 Å². The lowest BCUT2D eigenvalue weighted by molar-refractivity contribution is -0.117. The van der Waals surface area contributed by atoms with Crippen LogP contribution < -0.4 is 25.4 Å². The van der Waals surface area contributed by atoms with E-state index in [1.807, 2.05) is 32.0 Å². The highest BCUT2D eigenvalue weighted by molar-refractivity contribution is 8.01. The number of nitrogens with zero attached hydrogens (tertiary/aromatic N) is 2. The van der Waals surface area contributed by atoms with Crippen molar-refractivity contribution in [1.82, 2.24) is 20.8 Å². The van der Waals surface area contributed by atoms with Gasteiger partial charge in [-0.15, -0.1) is 10.2 Å². The number of hydrogen-bond donors (Lipinski definition) is 3. The van der Waals surface area contributed by atoms with Gasteiger partial charge >= 0.3 is 6.03 Å². The van der Waals surface area contributed by atoms with E-state index in [9.17, 15) is 9.59 Å². The molecular weight excluding hydrogens is 402 g/mol. The molecule has 11 heteroatoms. The van der Waals surface area contributed by atoms with Gasteiger partial charge in [-0.1, -0.05) is 35.2 Å². The summed E-state index contributed by atoms with van der Waals surface area (Å²) in [6.07, 6.45) is -0.321. The van der Waals surface area contributed by atoms with E-state index in [1.165, 1.54) is 23.1 Å². The maximum Gasteiger partial charge on any atom is 0.321 e. The first kappa shape index (κ1) is 20.2. The molecule has 0 radical (unpaired) electrons. The summed E-state index contributed by atoms with van der Waals surface area (Å²) >= 11 is 2.59. The summed E-state index contributed by atoms with van der Waals surface area (Å²) in [5, 5.41) is 16.7. The average molecular weight is 424 g/mol. The fraction of sp³-hybridized carbons (Fsp3) is 0.412. The fourth-order valence-electron chi connectivity index (χ4n) is 2.28. The number of rotatable bonds is 7. The number of amides is 3. The molecule has 1 aromatic carbocycles. The molecule has 0 saturated carbocycles. The van der Waals surface area contributed by atoms with Crippen LogP contribution >= 0.6 is 23.1 Å². The van der Waals surface area contributed by atoms with Crippen LogP contribution in [0.15, 0.2) is 28.6 Å². The van der Waals surface area contributed by atoms with E-state index >= 15 is 0 Å². The molecule has 0 spiro atoms. The predicted molar refractivity (Wildman–Crippen MR) is 107 cm³/mol. The largest absolute Gasteiger partial charge is 0.486 e. The van der Waals surface area contributed by atoms with Crippen molar-refractivity contribution in [1.29, 1.82) is 0 Å². The topological polar surface area (TPSA) is 114 Å². The smallest absolute Gasteiger partial charge is 0.321 e. The Hall–Kier alpha value is -2.53. The molecule has 150 valence electrons. The normalized spacial score (nSPS) is 15.2. The van der Waals surface area contributed by atoms with Crippen LogP contribution in [0.25, 0.3) is 0 Å². The first-order chi connectivity index (χ1) is 13.5. The van der Waals surface area contributed by atoms with Gasteiger partial charge in [-0.25, -0.2) is 4.79 Å². The van der Waals surface area contributed by atoms with Crippen molar-refractivity contribution in [2.24, 2.45) is 0 Å². The second kappa shape index (κ2) is 9.60. The molecule has 1 aliphatic heterocycles. The van der Waals surface area contributed by atoms with Crippen molar-refractivity contribution < 1.29 is 19.1 Å². The van der Waals surface area contributed by atoms with E-state index in [0.717, 1.165) is 0 Å². The van der Waals surface area contributed by atoms with Gasteiger partial charge in [-0.3, -0.25) is 10.1 Å². The highest BCUT2D eigenvalue weighted by Gasteiger charge is 2.21. The zero-order valence-electron chi connectivity index (χ0n) is 15.4. The van der Waals surface area contributed by atoms with Crippen LogP contribution in [0.2, 0.25) is 0 Å². The molecule has 0 saturated heterocycles. The van der Waals surface area contributed by atoms with Crippen molar-refractivity contribution in [3.63, 3.8) is 0 Å². The summed E-state index contributed by atoms with van der Waals surface area (Å²) in [7, 11) is 0. The number of ether oxygens (including phenoxy) is 2. The summed E-state index contributed by atoms with van der Waals surface area (Å²) in [5.41, 5.74) is 0. The van der Waals surface area contributed by atoms with E-state index in [0.29, 0.717) is 27.6 Å². The Balaban J connectivity index is 1.35. The number of benzene rings is 1. The summed E-state index contributed by atoms with van der Waals surface area (Å²) in [6.45, 7) is 4.55. The van der Waals surface area contributed by atoms with E-state index in [2.05, 4.69) is 26.1 Å². The molecular formula is C17H21N5O4S2. The third kappa shape index (κ3) is 5.99. The Labute approximate surface area is 170 Å². The van der Waals surface area contributed by atoms with Crippen molar-refractivity contribution in [2.45, 2.75) is 30.3 Å². The number of para-hydroxylation sites is 2. The molecule has 1 aromatic heterocycles. The van der Waals surface area contributed by atoms with Crippen LogP contribution in [-0.2, 0) is 4.79 Å². The molecule has 3 rings (SSSR count). The van der Waals surface area contributed by atoms with Gasteiger partial charge in [0.25, 0.3) is 0 Å².